The van der Waals surface area contributed by atoms with E-state index in [0.717, 1.165) is 0 Å². The summed E-state index contributed by atoms with van der Waals surface area (Å²) in [5, 5.41) is 1.25. The molecule has 1 aliphatic heterocycles. The third kappa shape index (κ3) is 11.9. The third-order valence-electron chi connectivity index (χ3n) is 9.24. The Bertz CT molecular complexity index is 2190. The van der Waals surface area contributed by atoms with Gasteiger partial charge in [-0.05, 0) is 60.9 Å². The molecule has 17 nitrogen and oxygen atoms in total. The van der Waals surface area contributed by atoms with E-state index in [-0.39, 0.29) is 69.1 Å². The first-order chi connectivity index (χ1) is 28.3. The number of aromatic nitrogens is 1. The largest absolute Gasteiger partial charge is 0.748 e. The van der Waals surface area contributed by atoms with Crippen molar-refractivity contribution in [3.05, 3.63) is 70.8 Å². The van der Waals surface area contributed by atoms with Crippen LogP contribution in [0.25, 0.3) is 21.8 Å². The second-order valence-electron chi connectivity index (χ2n) is 13.4. The smallest absolute Gasteiger partial charge is 0.363 e. The number of imide groups is 1. The maximum absolute atomic E-state index is 14.7. The molecule has 0 radical (unpaired) electrons. The lowest BCUT2D eigenvalue weighted by molar-refractivity contribution is -0.645. The number of rotatable bonds is 23. The topological polar surface area (TPSA) is 206 Å². The van der Waals surface area contributed by atoms with E-state index < -0.39 is 39.6 Å². The molecule has 1 aromatic heterocycles. The lowest BCUT2D eigenvalue weighted by atomic mass is 10.00. The van der Waals surface area contributed by atoms with Crippen molar-refractivity contribution >= 4 is 55.7 Å². The van der Waals surface area contributed by atoms with Crippen molar-refractivity contribution in [1.29, 1.82) is 0 Å². The van der Waals surface area contributed by atoms with Crippen molar-refractivity contribution in [3.8, 4) is 17.2 Å². The van der Waals surface area contributed by atoms with Gasteiger partial charge in [-0.15, -0.1) is 5.06 Å². The summed E-state index contributed by atoms with van der Waals surface area (Å²) in [4.78, 5) is 57.1. The Morgan fingerprint density at radius 3 is 1.81 bits per heavy atom. The molecule has 0 aliphatic carbocycles. The van der Waals surface area contributed by atoms with E-state index >= 15 is 0 Å². The van der Waals surface area contributed by atoms with Crippen LogP contribution < -0.4 is 18.8 Å². The third-order valence-corrected chi connectivity index (χ3v) is 10.0. The molecule has 0 spiro atoms. The van der Waals surface area contributed by atoms with E-state index in [1.165, 1.54) is 12.1 Å². The number of nitrogens with zero attached hydrogens (tertiary/aromatic N) is 2. The maximum Gasteiger partial charge on any atom is 0.363 e. The van der Waals surface area contributed by atoms with Gasteiger partial charge in [-0.25, -0.2) is 18.0 Å². The van der Waals surface area contributed by atoms with Crippen LogP contribution in [0.3, 0.4) is 0 Å². The Kier molecular flexibility index (Phi) is 16.1. The zero-order valence-electron chi connectivity index (χ0n) is 33.4. The zero-order valence-corrected chi connectivity index (χ0v) is 34.3. The summed E-state index contributed by atoms with van der Waals surface area (Å²) in [5.41, 5.74) is 2.09. The number of carbonyl (C=O) groups excluding carboxylic acids is 4. The number of esters is 1. The van der Waals surface area contributed by atoms with Crippen molar-refractivity contribution in [3.63, 3.8) is 0 Å². The van der Waals surface area contributed by atoms with E-state index in [4.69, 9.17) is 38.0 Å². The van der Waals surface area contributed by atoms with Gasteiger partial charge in [0.1, 0.15) is 30.5 Å². The number of benzene rings is 3. The Labute approximate surface area is 341 Å². The average Bonchev–Trinajstić information content (AvgIpc) is 3.52. The van der Waals surface area contributed by atoms with Gasteiger partial charge in [0.05, 0.1) is 71.7 Å². The number of carbonyl (C=O) groups is 4. The predicted molar refractivity (Wildman–Crippen MR) is 209 cm³/mol. The summed E-state index contributed by atoms with van der Waals surface area (Å²) in [5.74, 6) is -2.54. The standard InChI is InChI=1S/C41H48N2O15S/c1-5-28-24-29(40(46)58-43-36(44)11-12-37(43)45)23-27(2)39(28)57-41(47)38-32-25-30(55-20-18-53-16-14-51-3)7-9-34(32)42(13-6-22-59(48,49)50)35-10-8-31(26-33(35)38)56-21-19-54-17-15-52-4/h7-10,23-26H,5-6,11-22H2,1-4H3. The second-order valence-corrected chi connectivity index (χ2v) is 14.9. The minimum atomic E-state index is -4.52. The van der Waals surface area contributed by atoms with Gasteiger partial charge in [-0.2, -0.15) is 4.57 Å². The quantitative estimate of drug-likeness (QED) is 0.0199. The Balaban J connectivity index is 1.58. The number of hydroxylamine groups is 2. The SMILES string of the molecule is CCc1cc(C(=O)ON2C(=O)CCC2=O)cc(C)c1OC(=O)c1c2cc(OCCOCCOC)ccc2[n+](CCCS(=O)(=O)[O-])c2ccc(OCCOCCOC)cc12. The van der Waals surface area contributed by atoms with Crippen molar-refractivity contribution in [1.82, 2.24) is 5.06 Å². The lowest BCUT2D eigenvalue weighted by Gasteiger charge is -2.17. The molecule has 2 heterocycles. The van der Waals surface area contributed by atoms with Crippen molar-refractivity contribution in [2.24, 2.45) is 0 Å². The first kappa shape index (κ1) is 44.9. The van der Waals surface area contributed by atoms with Gasteiger partial charge in [-0.1, -0.05) is 6.92 Å². The van der Waals surface area contributed by atoms with Crippen molar-refractivity contribution < 1.29 is 74.7 Å². The van der Waals surface area contributed by atoms with Crippen LogP contribution in [0.4, 0.5) is 0 Å². The minimum Gasteiger partial charge on any atom is -0.748 e. The van der Waals surface area contributed by atoms with E-state index in [1.54, 1.807) is 64.5 Å². The predicted octanol–water partition coefficient (Wildman–Crippen LogP) is 3.61. The Morgan fingerprint density at radius 2 is 1.31 bits per heavy atom. The summed E-state index contributed by atoms with van der Waals surface area (Å²) in [6.45, 7) is 6.04. The van der Waals surface area contributed by atoms with Crippen LogP contribution in [-0.4, -0.2) is 115 Å². The van der Waals surface area contributed by atoms with E-state index in [0.29, 0.717) is 82.3 Å². The van der Waals surface area contributed by atoms with Gasteiger partial charge in [-0.3, -0.25) is 9.59 Å². The Morgan fingerprint density at radius 1 is 0.763 bits per heavy atom. The fourth-order valence-corrected chi connectivity index (χ4v) is 6.94. The molecule has 0 saturated carbocycles. The summed E-state index contributed by atoms with van der Waals surface area (Å²) < 4.78 is 76.0. The number of ether oxygens (including phenoxy) is 7. The molecule has 0 unspecified atom stereocenters. The summed E-state index contributed by atoms with van der Waals surface area (Å²) in [6.07, 6.45) is 0.199. The number of amides is 2. The molecule has 0 N–H and O–H groups in total. The van der Waals surface area contributed by atoms with Gasteiger partial charge in [0.15, 0.2) is 6.54 Å². The molecule has 318 valence electrons. The first-order valence-corrected chi connectivity index (χ1v) is 20.6. The van der Waals surface area contributed by atoms with E-state index in [1.807, 2.05) is 4.57 Å². The highest BCUT2D eigenvalue weighted by Gasteiger charge is 2.34. The van der Waals surface area contributed by atoms with Crippen LogP contribution in [0.15, 0.2) is 48.5 Å². The zero-order chi connectivity index (χ0) is 42.5. The molecular formula is C41H48N2O15S. The molecule has 3 aromatic carbocycles. The number of aryl methyl sites for hydroxylation is 3. The molecular weight excluding hydrogens is 793 g/mol. The van der Waals surface area contributed by atoms with Crippen LogP contribution in [0.1, 0.15) is 58.0 Å². The normalized spacial score (nSPS) is 13.1. The molecule has 1 fully saturated rings. The minimum absolute atomic E-state index is 0.00740. The molecule has 1 aliphatic rings. The van der Waals surface area contributed by atoms with Crippen LogP contribution in [-0.2, 0) is 56.5 Å². The van der Waals surface area contributed by atoms with Crippen molar-refractivity contribution in [2.45, 2.75) is 46.1 Å². The number of methoxy groups -OCH3 is 2. The molecule has 1 saturated heterocycles. The summed E-state index contributed by atoms with van der Waals surface area (Å²) in [7, 11) is -1.38. The highest BCUT2D eigenvalue weighted by atomic mass is 32.2. The highest BCUT2D eigenvalue weighted by Crippen LogP contribution is 2.34. The highest BCUT2D eigenvalue weighted by molar-refractivity contribution is 7.85. The fraction of sp³-hybridized carbons (Fsp3) is 0.439. The fourth-order valence-electron chi connectivity index (χ4n) is 6.45. The molecule has 2 amide bonds. The summed E-state index contributed by atoms with van der Waals surface area (Å²) >= 11 is 0. The van der Waals surface area contributed by atoms with Gasteiger partial charge in [0.25, 0.3) is 11.8 Å². The van der Waals surface area contributed by atoms with Crippen LogP contribution >= 0.6 is 0 Å². The maximum atomic E-state index is 14.7. The molecule has 59 heavy (non-hydrogen) atoms. The second kappa shape index (κ2) is 21.1. The average molecular weight is 841 g/mol. The number of pyridine rings is 1. The molecule has 5 rings (SSSR count). The van der Waals surface area contributed by atoms with Gasteiger partial charge >= 0.3 is 11.9 Å². The molecule has 0 bridgehead atoms. The summed E-state index contributed by atoms with van der Waals surface area (Å²) in [6, 6.07) is 13.2. The monoisotopic (exact) mass is 840 g/mol. The molecule has 0 atom stereocenters. The van der Waals surface area contributed by atoms with Gasteiger partial charge in [0, 0.05) is 51.4 Å². The number of fused-ring (bicyclic) bond motifs is 2. The first-order valence-electron chi connectivity index (χ1n) is 19.0. The molecule has 18 heteroatoms. The van der Waals surface area contributed by atoms with Crippen LogP contribution in [0.2, 0.25) is 0 Å². The number of hydrogen-bond donors (Lipinski definition) is 0. The van der Waals surface area contributed by atoms with Gasteiger partial charge in [0.2, 0.25) is 11.0 Å². The number of hydrogen-bond acceptors (Lipinski definition) is 15. The van der Waals surface area contributed by atoms with Crippen LogP contribution in [0, 0.1) is 6.92 Å². The lowest BCUT2D eigenvalue weighted by Crippen LogP contribution is -2.37. The van der Waals surface area contributed by atoms with E-state index in [2.05, 4.69) is 0 Å². The van der Waals surface area contributed by atoms with Crippen molar-refractivity contribution in [2.75, 3.05) is 72.8 Å². The van der Waals surface area contributed by atoms with Crippen LogP contribution in [0.5, 0.6) is 17.2 Å². The Hall–Kier alpha value is -5.24. The van der Waals surface area contributed by atoms with E-state index in [9.17, 15) is 32.1 Å². The molecule has 4 aromatic rings. The van der Waals surface area contributed by atoms with Gasteiger partial charge < -0.3 is 42.5 Å².